The Labute approximate surface area is 268 Å². The van der Waals surface area contributed by atoms with Gasteiger partial charge in [-0.25, -0.2) is 0 Å². The summed E-state index contributed by atoms with van der Waals surface area (Å²) < 4.78 is 16.7. The van der Waals surface area contributed by atoms with Crippen LogP contribution in [0.25, 0.3) is 0 Å². The summed E-state index contributed by atoms with van der Waals surface area (Å²) in [6, 6.07) is 6.40. The SMILES string of the molecule is C#CC.CC#CCC(C)C(O)/C=C/C1CCC2Oc3c(CCCC(=O)OCCCCOC)cccc3C12.O=CCCO[N+](=O)[O-]. The third-order valence-corrected chi connectivity index (χ3v) is 7.41. The van der Waals surface area contributed by atoms with Crippen molar-refractivity contribution in [1.29, 1.82) is 0 Å². The minimum Gasteiger partial charge on any atom is -0.489 e. The molecule has 5 unspecified atom stereocenters. The summed E-state index contributed by atoms with van der Waals surface area (Å²) in [5.74, 6) is 9.91. The van der Waals surface area contributed by atoms with E-state index in [0.29, 0.717) is 44.2 Å². The number of carbonyl (C=O) groups excluding carboxylic acids is 2. The highest BCUT2D eigenvalue weighted by molar-refractivity contribution is 5.69. The third kappa shape index (κ3) is 15.1. The first kappa shape index (κ1) is 39.2. The van der Waals surface area contributed by atoms with Gasteiger partial charge in [-0.2, -0.15) is 0 Å². The molecule has 5 atom stereocenters. The summed E-state index contributed by atoms with van der Waals surface area (Å²) in [5.41, 5.74) is 2.45. The van der Waals surface area contributed by atoms with E-state index in [0.717, 1.165) is 44.3 Å². The Morgan fingerprint density at radius 3 is 2.62 bits per heavy atom. The average Bonchev–Trinajstić information content (AvgIpc) is 3.59. The van der Waals surface area contributed by atoms with Crippen LogP contribution in [0, 0.1) is 46.1 Å². The first-order valence-electron chi connectivity index (χ1n) is 15.5. The van der Waals surface area contributed by atoms with Crippen molar-refractivity contribution in [2.75, 3.05) is 26.9 Å². The number of ether oxygens (including phenoxy) is 3. The molecule has 0 spiro atoms. The molecule has 10 heteroatoms. The number of allylic oxidation sites excluding steroid dienone is 1. The van der Waals surface area contributed by atoms with Gasteiger partial charge in [-0.1, -0.05) is 37.3 Å². The highest BCUT2D eigenvalue weighted by Crippen LogP contribution is 2.52. The highest BCUT2D eigenvalue weighted by Gasteiger charge is 2.44. The van der Waals surface area contributed by atoms with Crippen molar-refractivity contribution in [3.05, 3.63) is 51.6 Å². The van der Waals surface area contributed by atoms with Gasteiger partial charge in [0, 0.05) is 44.5 Å². The summed E-state index contributed by atoms with van der Waals surface area (Å²) in [5, 5.41) is 18.9. The zero-order valence-electron chi connectivity index (χ0n) is 27.1. The van der Waals surface area contributed by atoms with Crippen LogP contribution in [-0.2, 0) is 30.3 Å². The van der Waals surface area contributed by atoms with Crippen molar-refractivity contribution in [2.24, 2.45) is 11.8 Å². The van der Waals surface area contributed by atoms with Crippen LogP contribution in [0.3, 0.4) is 0 Å². The maximum atomic E-state index is 12.0. The van der Waals surface area contributed by atoms with Crippen LogP contribution in [0.5, 0.6) is 5.75 Å². The number of hydrogen-bond acceptors (Lipinski definition) is 9. The van der Waals surface area contributed by atoms with Crippen LogP contribution in [-0.4, -0.2) is 61.6 Å². The van der Waals surface area contributed by atoms with Crippen LogP contribution in [0.4, 0.5) is 0 Å². The van der Waals surface area contributed by atoms with Crippen molar-refractivity contribution in [3.8, 4) is 29.9 Å². The Kier molecular flexibility index (Phi) is 20.5. The number of aryl methyl sites for hydroxylation is 1. The lowest BCUT2D eigenvalue weighted by Crippen LogP contribution is -2.17. The predicted molar refractivity (Wildman–Crippen MR) is 172 cm³/mol. The van der Waals surface area contributed by atoms with E-state index in [-0.39, 0.29) is 31.0 Å². The lowest BCUT2D eigenvalue weighted by atomic mass is 9.86. The summed E-state index contributed by atoms with van der Waals surface area (Å²) in [4.78, 5) is 34.6. The number of rotatable bonds is 17. The van der Waals surface area contributed by atoms with E-state index in [1.54, 1.807) is 14.0 Å². The number of unbranched alkanes of at least 4 members (excludes halogenated alkanes) is 1. The number of aliphatic hydroxyl groups is 1. The number of aldehydes is 1. The first-order chi connectivity index (χ1) is 21.7. The van der Waals surface area contributed by atoms with Gasteiger partial charge < -0.3 is 28.9 Å². The Balaban J connectivity index is 0.000000790. The van der Waals surface area contributed by atoms with Gasteiger partial charge in [0.2, 0.25) is 0 Å². The molecular formula is C35H49NO9. The molecule has 1 aromatic rings. The number of terminal acetylenes is 1. The second-order valence-corrected chi connectivity index (χ2v) is 10.8. The second kappa shape index (κ2) is 23.5. The smallest absolute Gasteiger partial charge is 0.305 e. The zero-order valence-corrected chi connectivity index (χ0v) is 27.1. The van der Waals surface area contributed by atoms with Crippen LogP contribution in [0.15, 0.2) is 30.4 Å². The highest BCUT2D eigenvalue weighted by atomic mass is 16.9. The average molecular weight is 628 g/mol. The van der Waals surface area contributed by atoms with Gasteiger partial charge in [0.15, 0.2) is 0 Å². The molecule has 45 heavy (non-hydrogen) atoms. The predicted octanol–water partition coefficient (Wildman–Crippen LogP) is 5.62. The number of nitrogens with zero attached hydrogens (tertiary/aromatic N) is 1. The fraction of sp³-hybridized carbons (Fsp3) is 0.600. The van der Waals surface area contributed by atoms with Gasteiger partial charge in [-0.3, -0.25) is 4.79 Å². The van der Waals surface area contributed by atoms with E-state index in [1.807, 2.05) is 19.9 Å². The van der Waals surface area contributed by atoms with E-state index in [2.05, 4.69) is 53.3 Å². The molecule has 0 bridgehead atoms. The molecule has 1 aliphatic carbocycles. The molecule has 1 heterocycles. The lowest BCUT2D eigenvalue weighted by molar-refractivity contribution is -0.757. The van der Waals surface area contributed by atoms with Crippen molar-refractivity contribution in [2.45, 2.75) is 96.7 Å². The number of para-hydroxylation sites is 1. The van der Waals surface area contributed by atoms with Gasteiger partial charge >= 0.3 is 5.97 Å². The molecule has 248 valence electrons. The number of fused-ring (bicyclic) bond motifs is 3. The Hall–Kier alpha value is -3.86. The van der Waals surface area contributed by atoms with Crippen LogP contribution in [0.2, 0.25) is 0 Å². The summed E-state index contributed by atoms with van der Waals surface area (Å²) >= 11 is 0. The van der Waals surface area contributed by atoms with Gasteiger partial charge in [-0.15, -0.1) is 34.3 Å². The van der Waals surface area contributed by atoms with Crippen molar-refractivity contribution < 1.29 is 38.8 Å². The molecule has 1 saturated carbocycles. The molecule has 3 rings (SSSR count). The minimum atomic E-state index is -0.927. The zero-order chi connectivity index (χ0) is 33.5. The minimum absolute atomic E-state index is 0.0704. The standard InChI is InChI=1S/C29H40O5.C3H5NO4.C3H4/c1-4-5-10-21(2)25(30)17-15-22-16-18-26-28(22)24-13-8-11-23(29(24)34-26)12-9-14-27(31)33-20-7-6-19-32-3;5-2-1-3-8-4(6)7;1-3-2/h8,11,13,15,17,21-22,25-26,28,30H,6-7,9-10,12,14,16,18-20H2,1-3H3;2H,1,3H2;1H,2H3/b17-15+;;. The van der Waals surface area contributed by atoms with E-state index < -0.39 is 11.2 Å². The maximum Gasteiger partial charge on any atom is 0.305 e. The molecule has 1 aliphatic heterocycles. The van der Waals surface area contributed by atoms with Crippen molar-refractivity contribution in [3.63, 3.8) is 0 Å². The normalized spacial score (nSPS) is 18.5. The van der Waals surface area contributed by atoms with E-state index in [1.165, 1.54) is 11.1 Å². The number of benzene rings is 1. The molecule has 0 radical (unpaired) electrons. The van der Waals surface area contributed by atoms with E-state index >= 15 is 0 Å². The Morgan fingerprint density at radius 2 is 1.96 bits per heavy atom. The summed E-state index contributed by atoms with van der Waals surface area (Å²) in [6.07, 6.45) is 15.6. The third-order valence-electron chi connectivity index (χ3n) is 7.41. The fourth-order valence-electron chi connectivity index (χ4n) is 5.16. The summed E-state index contributed by atoms with van der Waals surface area (Å²) in [6.45, 7) is 6.54. The van der Waals surface area contributed by atoms with Gasteiger partial charge in [0.05, 0.1) is 12.7 Å². The summed E-state index contributed by atoms with van der Waals surface area (Å²) in [7, 11) is 1.68. The largest absolute Gasteiger partial charge is 0.489 e. The van der Waals surface area contributed by atoms with Crippen molar-refractivity contribution >= 4 is 12.3 Å². The molecule has 1 N–H and O–H groups in total. The fourth-order valence-corrected chi connectivity index (χ4v) is 5.16. The first-order valence-corrected chi connectivity index (χ1v) is 15.5. The number of hydrogen-bond donors (Lipinski definition) is 1. The van der Waals surface area contributed by atoms with Crippen LogP contribution in [0.1, 0.15) is 89.2 Å². The Bertz CT molecular complexity index is 1160. The number of esters is 1. The molecule has 2 aliphatic rings. The van der Waals surface area contributed by atoms with Gasteiger partial charge in [0.1, 0.15) is 24.7 Å². The molecular weight excluding hydrogens is 578 g/mol. The molecule has 0 saturated heterocycles. The van der Waals surface area contributed by atoms with E-state index in [4.69, 9.17) is 14.2 Å². The quantitative estimate of drug-likeness (QED) is 0.0444. The van der Waals surface area contributed by atoms with Gasteiger partial charge in [0.25, 0.3) is 5.09 Å². The lowest BCUT2D eigenvalue weighted by Gasteiger charge is -2.17. The monoisotopic (exact) mass is 627 g/mol. The maximum absolute atomic E-state index is 12.0. The molecule has 1 aromatic carbocycles. The van der Waals surface area contributed by atoms with Gasteiger partial charge in [-0.05, 0) is 69.8 Å². The van der Waals surface area contributed by atoms with Crippen LogP contribution >= 0.6 is 0 Å². The number of carbonyl (C=O) groups is 2. The number of aliphatic hydroxyl groups excluding tert-OH is 1. The molecule has 0 aromatic heterocycles. The second-order valence-electron chi connectivity index (χ2n) is 10.8. The molecule has 0 amide bonds. The molecule has 10 nitrogen and oxygen atoms in total. The van der Waals surface area contributed by atoms with Crippen molar-refractivity contribution in [1.82, 2.24) is 0 Å². The topological polar surface area (TPSA) is 134 Å². The Morgan fingerprint density at radius 1 is 1.22 bits per heavy atom. The van der Waals surface area contributed by atoms with Crippen LogP contribution < -0.4 is 4.74 Å². The van der Waals surface area contributed by atoms with E-state index in [9.17, 15) is 24.8 Å². The number of methoxy groups -OCH3 is 1. The molecule has 1 fully saturated rings.